The first-order valence-electron chi connectivity index (χ1n) is 7.60. The number of anilines is 1. The van der Waals surface area contributed by atoms with E-state index in [1.165, 1.54) is 5.56 Å². The number of carbonyl (C=O) groups excluding carboxylic acids is 1. The maximum absolute atomic E-state index is 12.6. The Bertz CT molecular complexity index is 897. The summed E-state index contributed by atoms with van der Waals surface area (Å²) in [5, 5.41) is 7.06. The molecule has 1 N–H and O–H groups in total. The van der Waals surface area contributed by atoms with Crippen LogP contribution in [0.5, 0.6) is 0 Å². The first kappa shape index (κ1) is 16.1. The molecule has 0 bridgehead atoms. The fourth-order valence-corrected chi connectivity index (χ4v) is 2.62. The van der Waals surface area contributed by atoms with E-state index in [0.717, 1.165) is 11.3 Å². The number of aromatic amines is 1. The summed E-state index contributed by atoms with van der Waals surface area (Å²) in [5.41, 5.74) is 2.93. The van der Waals surface area contributed by atoms with Gasteiger partial charge in [0.1, 0.15) is 6.54 Å². The number of nitrogens with one attached hydrogen (secondary N) is 1. The van der Waals surface area contributed by atoms with E-state index >= 15 is 0 Å². The topological polar surface area (TPSA) is 53.9 Å². The molecule has 0 aliphatic rings. The number of para-hydroxylation sites is 1. The van der Waals surface area contributed by atoms with Crippen molar-refractivity contribution in [1.82, 2.24) is 14.8 Å². The van der Waals surface area contributed by atoms with Crippen molar-refractivity contribution in [1.29, 1.82) is 0 Å². The van der Waals surface area contributed by atoms with E-state index in [4.69, 9.17) is 12.2 Å². The van der Waals surface area contributed by atoms with Gasteiger partial charge in [-0.25, -0.2) is 0 Å². The summed E-state index contributed by atoms with van der Waals surface area (Å²) < 4.78 is 2.15. The molecular weight excluding hydrogens is 320 g/mol. The van der Waals surface area contributed by atoms with Crippen LogP contribution in [0.3, 0.4) is 0 Å². The Morgan fingerprint density at radius 3 is 2.50 bits per heavy atom. The second kappa shape index (κ2) is 6.80. The Morgan fingerprint density at radius 1 is 1.17 bits per heavy atom. The molecular formula is C18H18N4OS. The van der Waals surface area contributed by atoms with Crippen molar-refractivity contribution >= 4 is 23.8 Å². The van der Waals surface area contributed by atoms with E-state index in [0.29, 0.717) is 10.6 Å². The number of carbonyl (C=O) groups is 1. The molecule has 0 saturated carbocycles. The van der Waals surface area contributed by atoms with Crippen molar-refractivity contribution in [2.75, 3.05) is 11.9 Å². The van der Waals surface area contributed by atoms with E-state index < -0.39 is 0 Å². The SMILES string of the molecule is Cc1ccc(-c2n[nH]c(=S)n2CC(=O)N(C)c2ccccc2)cc1. The van der Waals surface area contributed by atoms with Crippen LogP contribution in [0, 0.1) is 11.7 Å². The fraction of sp³-hybridized carbons (Fsp3) is 0.167. The largest absolute Gasteiger partial charge is 0.314 e. The quantitative estimate of drug-likeness (QED) is 0.740. The Labute approximate surface area is 145 Å². The zero-order valence-corrected chi connectivity index (χ0v) is 14.4. The highest BCUT2D eigenvalue weighted by Gasteiger charge is 2.16. The number of hydrogen-bond acceptors (Lipinski definition) is 3. The number of aromatic nitrogens is 3. The number of likely N-dealkylation sites (N-methyl/N-ethyl adjacent to an activating group) is 1. The van der Waals surface area contributed by atoms with Crippen molar-refractivity contribution in [3.8, 4) is 11.4 Å². The standard InChI is InChI=1S/C18H18N4OS/c1-13-8-10-14(11-9-13)17-19-20-18(24)22(17)12-16(23)21(2)15-6-4-3-5-7-15/h3-11H,12H2,1-2H3,(H,20,24). The van der Waals surface area contributed by atoms with Crippen LogP contribution in [-0.2, 0) is 11.3 Å². The Hall–Kier alpha value is -2.73. The van der Waals surface area contributed by atoms with Crippen LogP contribution in [0.1, 0.15) is 5.56 Å². The molecule has 122 valence electrons. The molecule has 0 aliphatic carbocycles. The van der Waals surface area contributed by atoms with Crippen LogP contribution in [0.25, 0.3) is 11.4 Å². The lowest BCUT2D eigenvalue weighted by atomic mass is 10.1. The van der Waals surface area contributed by atoms with Gasteiger partial charge in [-0.2, -0.15) is 5.10 Å². The van der Waals surface area contributed by atoms with Gasteiger partial charge in [-0.15, -0.1) is 0 Å². The molecule has 0 aliphatic heterocycles. The number of amides is 1. The monoisotopic (exact) mass is 338 g/mol. The van der Waals surface area contributed by atoms with Gasteiger partial charge in [0.25, 0.3) is 0 Å². The average Bonchev–Trinajstić information content (AvgIpc) is 2.96. The first-order chi connectivity index (χ1) is 11.6. The first-order valence-corrected chi connectivity index (χ1v) is 8.01. The molecule has 0 saturated heterocycles. The summed E-state index contributed by atoms with van der Waals surface area (Å²) in [5.74, 6) is 0.599. The van der Waals surface area contributed by atoms with Crippen molar-refractivity contribution in [3.63, 3.8) is 0 Å². The van der Waals surface area contributed by atoms with Gasteiger partial charge in [-0.3, -0.25) is 14.5 Å². The minimum Gasteiger partial charge on any atom is -0.314 e. The third-order valence-electron chi connectivity index (χ3n) is 3.88. The summed E-state index contributed by atoms with van der Waals surface area (Å²) in [7, 11) is 1.76. The van der Waals surface area contributed by atoms with Crippen molar-refractivity contribution in [2.24, 2.45) is 0 Å². The van der Waals surface area contributed by atoms with Gasteiger partial charge in [0.15, 0.2) is 10.6 Å². The molecule has 0 spiro atoms. The molecule has 0 atom stereocenters. The lowest BCUT2D eigenvalue weighted by molar-refractivity contribution is -0.118. The molecule has 0 unspecified atom stereocenters. The molecule has 3 rings (SSSR count). The van der Waals surface area contributed by atoms with Gasteiger partial charge in [0, 0.05) is 18.3 Å². The van der Waals surface area contributed by atoms with Crippen molar-refractivity contribution in [2.45, 2.75) is 13.5 Å². The normalized spacial score (nSPS) is 10.6. The Kier molecular flexibility index (Phi) is 4.57. The number of rotatable bonds is 4. The predicted octanol–water partition coefficient (Wildman–Crippen LogP) is 3.58. The average molecular weight is 338 g/mol. The van der Waals surface area contributed by atoms with Crippen LogP contribution >= 0.6 is 12.2 Å². The number of aryl methyl sites for hydroxylation is 1. The minimum absolute atomic E-state index is 0.0629. The highest BCUT2D eigenvalue weighted by Crippen LogP contribution is 2.19. The van der Waals surface area contributed by atoms with E-state index in [1.807, 2.05) is 61.5 Å². The third kappa shape index (κ3) is 3.28. The predicted molar refractivity (Wildman–Crippen MR) is 97.4 cm³/mol. The summed E-state index contributed by atoms with van der Waals surface area (Å²) in [4.78, 5) is 14.2. The Balaban J connectivity index is 1.88. The van der Waals surface area contributed by atoms with Crippen LogP contribution in [0.4, 0.5) is 5.69 Å². The molecule has 3 aromatic rings. The van der Waals surface area contributed by atoms with Gasteiger partial charge in [-0.05, 0) is 31.3 Å². The van der Waals surface area contributed by atoms with Crippen LogP contribution in [0.15, 0.2) is 54.6 Å². The van der Waals surface area contributed by atoms with Gasteiger partial charge >= 0.3 is 0 Å². The molecule has 6 heteroatoms. The van der Waals surface area contributed by atoms with E-state index in [9.17, 15) is 4.79 Å². The zero-order valence-electron chi connectivity index (χ0n) is 13.6. The van der Waals surface area contributed by atoms with Crippen LogP contribution in [-0.4, -0.2) is 27.7 Å². The maximum Gasteiger partial charge on any atom is 0.246 e. The summed E-state index contributed by atoms with van der Waals surface area (Å²) in [6.45, 7) is 2.16. The van der Waals surface area contributed by atoms with Crippen LogP contribution in [0.2, 0.25) is 0 Å². The van der Waals surface area contributed by atoms with E-state index in [-0.39, 0.29) is 12.5 Å². The molecule has 1 heterocycles. The van der Waals surface area contributed by atoms with Crippen molar-refractivity contribution in [3.05, 3.63) is 64.9 Å². The molecule has 2 aromatic carbocycles. The smallest absolute Gasteiger partial charge is 0.246 e. The number of benzene rings is 2. The zero-order chi connectivity index (χ0) is 17.1. The van der Waals surface area contributed by atoms with Crippen LogP contribution < -0.4 is 4.90 Å². The second-order valence-electron chi connectivity index (χ2n) is 5.59. The Morgan fingerprint density at radius 2 is 1.83 bits per heavy atom. The number of H-pyrrole nitrogens is 1. The summed E-state index contributed by atoms with van der Waals surface area (Å²) in [6, 6.07) is 17.5. The molecule has 1 amide bonds. The second-order valence-corrected chi connectivity index (χ2v) is 5.98. The van der Waals surface area contributed by atoms with E-state index in [2.05, 4.69) is 10.2 Å². The summed E-state index contributed by atoms with van der Waals surface area (Å²) in [6.07, 6.45) is 0. The fourth-order valence-electron chi connectivity index (χ4n) is 2.42. The third-order valence-corrected chi connectivity index (χ3v) is 4.19. The van der Waals surface area contributed by atoms with Gasteiger partial charge in [0.2, 0.25) is 5.91 Å². The highest BCUT2D eigenvalue weighted by molar-refractivity contribution is 7.71. The number of nitrogens with zero attached hydrogens (tertiary/aromatic N) is 3. The molecule has 1 aromatic heterocycles. The van der Waals surface area contributed by atoms with Crippen molar-refractivity contribution < 1.29 is 4.79 Å². The maximum atomic E-state index is 12.6. The van der Waals surface area contributed by atoms with Gasteiger partial charge in [0.05, 0.1) is 0 Å². The van der Waals surface area contributed by atoms with Gasteiger partial charge in [-0.1, -0.05) is 48.0 Å². The molecule has 24 heavy (non-hydrogen) atoms. The summed E-state index contributed by atoms with van der Waals surface area (Å²) >= 11 is 5.29. The minimum atomic E-state index is -0.0629. The number of hydrogen-bond donors (Lipinski definition) is 1. The lowest BCUT2D eigenvalue weighted by Crippen LogP contribution is -2.30. The molecule has 0 radical (unpaired) electrons. The van der Waals surface area contributed by atoms with E-state index in [1.54, 1.807) is 16.5 Å². The van der Waals surface area contributed by atoms with Gasteiger partial charge < -0.3 is 4.90 Å². The lowest BCUT2D eigenvalue weighted by Gasteiger charge is -2.18. The molecule has 0 fully saturated rings. The highest BCUT2D eigenvalue weighted by atomic mass is 32.1. The molecule has 5 nitrogen and oxygen atoms in total.